The Labute approximate surface area is 134 Å². The lowest BCUT2D eigenvalue weighted by molar-refractivity contribution is -0.0583. The van der Waals surface area contributed by atoms with Crippen LogP contribution in [0, 0.1) is 0 Å². The Bertz CT molecular complexity index is 681. The molecule has 3 rings (SSSR count). The second-order valence-corrected chi connectivity index (χ2v) is 5.56. The molecule has 0 radical (unpaired) electrons. The highest BCUT2D eigenvalue weighted by Gasteiger charge is 2.45. The molecule has 9 nitrogen and oxygen atoms in total. The first-order valence-corrected chi connectivity index (χ1v) is 7.45. The molecule has 1 fully saturated rings. The summed E-state index contributed by atoms with van der Waals surface area (Å²) in [5.74, 6) is 0.571. The van der Waals surface area contributed by atoms with Gasteiger partial charge in [0.1, 0.15) is 18.3 Å². The van der Waals surface area contributed by atoms with Crippen LogP contribution in [0.15, 0.2) is 11.1 Å². The van der Waals surface area contributed by atoms with Crippen molar-refractivity contribution in [3.05, 3.63) is 11.1 Å². The maximum atomic E-state index is 10.1. The molecule has 120 valence electrons. The highest BCUT2D eigenvalue weighted by Crippen LogP contribution is 2.34. The first-order valence-electron chi connectivity index (χ1n) is 6.65. The normalized spacial score (nSPS) is 28.4. The molecule has 1 saturated heterocycles. The van der Waals surface area contributed by atoms with Crippen molar-refractivity contribution in [2.45, 2.75) is 24.5 Å². The molecule has 0 amide bonds. The Hall–Kier alpha value is -1.33. The fourth-order valence-corrected chi connectivity index (χ4v) is 2.94. The van der Waals surface area contributed by atoms with E-state index < -0.39 is 24.5 Å². The van der Waals surface area contributed by atoms with Crippen LogP contribution in [0.3, 0.4) is 0 Å². The van der Waals surface area contributed by atoms with Gasteiger partial charge in [0.2, 0.25) is 4.73 Å². The van der Waals surface area contributed by atoms with Gasteiger partial charge in [0.15, 0.2) is 23.2 Å². The molecule has 1 aliphatic rings. The van der Waals surface area contributed by atoms with Gasteiger partial charge in [-0.1, -0.05) is 0 Å². The van der Waals surface area contributed by atoms with Crippen molar-refractivity contribution in [1.82, 2.24) is 19.5 Å². The SMILES string of the molecule is CNc1nc(Br)nc2c1ncn2[C@@H]1O[C@H](CO)[C@@H](O)[C@H]1OC. The first-order chi connectivity index (χ1) is 10.6. The molecule has 0 unspecified atom stereocenters. The summed E-state index contributed by atoms with van der Waals surface area (Å²) in [4.78, 5) is 12.8. The Morgan fingerprint density at radius 3 is 2.91 bits per heavy atom. The Morgan fingerprint density at radius 2 is 2.27 bits per heavy atom. The number of aliphatic hydroxyl groups excluding tert-OH is 2. The third-order valence-electron chi connectivity index (χ3n) is 3.67. The van der Waals surface area contributed by atoms with Gasteiger partial charge in [-0.2, -0.15) is 0 Å². The van der Waals surface area contributed by atoms with Gasteiger partial charge >= 0.3 is 0 Å². The van der Waals surface area contributed by atoms with Gasteiger partial charge in [0.05, 0.1) is 12.9 Å². The summed E-state index contributed by atoms with van der Waals surface area (Å²) in [5.41, 5.74) is 1.11. The number of hydrogen-bond donors (Lipinski definition) is 3. The minimum Gasteiger partial charge on any atom is -0.394 e. The van der Waals surface area contributed by atoms with E-state index in [9.17, 15) is 10.2 Å². The molecule has 0 saturated carbocycles. The maximum Gasteiger partial charge on any atom is 0.200 e. The highest BCUT2D eigenvalue weighted by molar-refractivity contribution is 9.10. The Kier molecular flexibility index (Phi) is 4.28. The van der Waals surface area contributed by atoms with E-state index in [1.54, 1.807) is 17.9 Å². The van der Waals surface area contributed by atoms with Crippen LogP contribution in [0.1, 0.15) is 6.23 Å². The zero-order valence-electron chi connectivity index (χ0n) is 12.0. The molecule has 22 heavy (non-hydrogen) atoms. The molecule has 0 spiro atoms. The van der Waals surface area contributed by atoms with Crippen molar-refractivity contribution in [3.63, 3.8) is 0 Å². The third kappa shape index (κ3) is 2.36. The van der Waals surface area contributed by atoms with Crippen LogP contribution < -0.4 is 5.32 Å². The lowest BCUT2D eigenvalue weighted by Crippen LogP contribution is -2.34. The van der Waals surface area contributed by atoms with Gasteiger partial charge in [-0.25, -0.2) is 15.0 Å². The van der Waals surface area contributed by atoms with Gasteiger partial charge in [-0.15, -0.1) is 0 Å². The van der Waals surface area contributed by atoms with E-state index in [0.717, 1.165) is 0 Å². The van der Waals surface area contributed by atoms with Crippen molar-refractivity contribution >= 4 is 32.9 Å². The van der Waals surface area contributed by atoms with Crippen molar-refractivity contribution < 1.29 is 19.7 Å². The molecule has 1 aliphatic heterocycles. The number of aliphatic hydroxyl groups is 2. The zero-order chi connectivity index (χ0) is 15.9. The number of fused-ring (bicyclic) bond motifs is 1. The van der Waals surface area contributed by atoms with Crippen LogP contribution in [0.5, 0.6) is 0 Å². The number of aromatic nitrogens is 4. The lowest BCUT2D eigenvalue weighted by Gasteiger charge is -2.20. The summed E-state index contributed by atoms with van der Waals surface area (Å²) in [5, 5.41) is 22.4. The average Bonchev–Trinajstić information content (AvgIpc) is 3.06. The molecule has 3 heterocycles. The standard InChI is InChI=1S/C12H16BrN5O4/c1-14-9-6-10(17-12(13)16-9)18(4-15-6)11-8(21-2)7(20)5(3-19)22-11/h4-5,7-8,11,19-20H,3H2,1-2H3,(H,14,16,17)/t5-,7-,8-,11-/m1/s1. The average molecular weight is 374 g/mol. The molecule has 10 heteroatoms. The molecule has 0 aliphatic carbocycles. The van der Waals surface area contributed by atoms with E-state index >= 15 is 0 Å². The van der Waals surface area contributed by atoms with Crippen molar-refractivity contribution in [1.29, 1.82) is 0 Å². The summed E-state index contributed by atoms with van der Waals surface area (Å²) in [6, 6.07) is 0. The van der Waals surface area contributed by atoms with Crippen LogP contribution in [0.2, 0.25) is 0 Å². The van der Waals surface area contributed by atoms with E-state index in [0.29, 0.717) is 21.7 Å². The first kappa shape index (κ1) is 15.6. The van der Waals surface area contributed by atoms with Gasteiger partial charge < -0.3 is 25.0 Å². The van der Waals surface area contributed by atoms with Crippen LogP contribution >= 0.6 is 15.9 Å². The number of rotatable bonds is 4. The minimum absolute atomic E-state index is 0.301. The van der Waals surface area contributed by atoms with Crippen molar-refractivity contribution in [2.24, 2.45) is 0 Å². The predicted octanol–water partition coefficient (Wildman–Crippen LogP) is -0.104. The van der Waals surface area contributed by atoms with Gasteiger partial charge in [-0.3, -0.25) is 4.57 Å². The quantitative estimate of drug-likeness (QED) is 0.636. The predicted molar refractivity (Wildman–Crippen MR) is 80.4 cm³/mol. The van der Waals surface area contributed by atoms with Gasteiger partial charge in [0.25, 0.3) is 0 Å². The minimum atomic E-state index is -0.938. The number of imidazole rings is 1. The molecular formula is C12H16BrN5O4. The summed E-state index contributed by atoms with van der Waals surface area (Å²) in [6.45, 7) is -0.301. The van der Waals surface area contributed by atoms with Crippen LogP contribution in [0.4, 0.5) is 5.82 Å². The van der Waals surface area contributed by atoms with Crippen LogP contribution in [-0.4, -0.2) is 68.8 Å². The summed E-state index contributed by atoms with van der Waals surface area (Å²) in [7, 11) is 3.22. The van der Waals surface area contributed by atoms with E-state index in [2.05, 4.69) is 36.2 Å². The fraction of sp³-hybridized carbons (Fsp3) is 0.583. The molecule has 3 N–H and O–H groups in total. The molecule has 4 atom stereocenters. The van der Waals surface area contributed by atoms with E-state index in [4.69, 9.17) is 9.47 Å². The number of halogens is 1. The zero-order valence-corrected chi connectivity index (χ0v) is 13.6. The second kappa shape index (κ2) is 6.05. The molecule has 2 aromatic rings. The number of nitrogens with one attached hydrogen (secondary N) is 1. The number of nitrogens with zero attached hydrogens (tertiary/aromatic N) is 4. The largest absolute Gasteiger partial charge is 0.394 e. The van der Waals surface area contributed by atoms with Crippen LogP contribution in [0.25, 0.3) is 11.2 Å². The Balaban J connectivity index is 2.08. The number of ether oxygens (including phenoxy) is 2. The number of methoxy groups -OCH3 is 1. The summed E-state index contributed by atoms with van der Waals surface area (Å²) in [6.07, 6.45) is -1.39. The lowest BCUT2D eigenvalue weighted by atomic mass is 10.1. The van der Waals surface area contributed by atoms with E-state index in [-0.39, 0.29) is 6.61 Å². The number of anilines is 1. The number of hydrogen-bond acceptors (Lipinski definition) is 8. The summed E-state index contributed by atoms with van der Waals surface area (Å²) < 4.78 is 13.1. The maximum absolute atomic E-state index is 10.1. The molecule has 2 aromatic heterocycles. The smallest absolute Gasteiger partial charge is 0.200 e. The van der Waals surface area contributed by atoms with Crippen LogP contribution in [-0.2, 0) is 9.47 Å². The van der Waals surface area contributed by atoms with Gasteiger partial charge in [-0.05, 0) is 15.9 Å². The fourth-order valence-electron chi connectivity index (χ4n) is 2.60. The Morgan fingerprint density at radius 1 is 1.50 bits per heavy atom. The molecular weight excluding hydrogens is 358 g/mol. The van der Waals surface area contributed by atoms with E-state index in [1.165, 1.54) is 7.11 Å². The van der Waals surface area contributed by atoms with E-state index in [1.807, 2.05) is 0 Å². The second-order valence-electron chi connectivity index (χ2n) is 4.85. The topological polar surface area (TPSA) is 115 Å². The molecule has 0 bridgehead atoms. The highest BCUT2D eigenvalue weighted by atomic mass is 79.9. The third-order valence-corrected chi connectivity index (χ3v) is 4.02. The molecule has 0 aromatic carbocycles. The van der Waals surface area contributed by atoms with Crippen molar-refractivity contribution in [2.75, 3.05) is 26.1 Å². The summed E-state index contributed by atoms with van der Waals surface area (Å²) >= 11 is 3.26. The van der Waals surface area contributed by atoms with Crippen molar-refractivity contribution in [3.8, 4) is 0 Å². The monoisotopic (exact) mass is 373 g/mol. The van der Waals surface area contributed by atoms with Gasteiger partial charge in [0, 0.05) is 14.2 Å².